The quantitative estimate of drug-likeness (QED) is 0.0501. The van der Waals surface area contributed by atoms with E-state index >= 15 is 0 Å². The zero-order chi connectivity index (χ0) is 33.0. The molecule has 0 aliphatic carbocycles. The Morgan fingerprint density at radius 3 is 1.04 bits per heavy atom. The molecular weight excluding hydrogens is 556 g/mol. The van der Waals surface area contributed by atoms with E-state index in [1.807, 2.05) is 0 Å². The molecule has 0 atom stereocenters. The van der Waals surface area contributed by atoms with Crippen LogP contribution < -0.4 is 4.57 Å². The van der Waals surface area contributed by atoms with Gasteiger partial charge in [-0.05, 0) is 32.1 Å². The van der Waals surface area contributed by atoms with Gasteiger partial charge >= 0.3 is 0 Å². The van der Waals surface area contributed by atoms with Crippen LogP contribution in [0.25, 0.3) is 0 Å². The fourth-order valence-corrected chi connectivity index (χ4v) is 7.39. The SMILES string of the molecule is CCCCCCCCCCCCCCCCCCCn1cc[n+](CCCCCCCCCCCCCCCCC)c1CCCCC. The average molecular weight is 644 g/mol. The maximum Gasteiger partial charge on any atom is 0.256 e. The van der Waals surface area contributed by atoms with Crippen molar-refractivity contribution in [2.24, 2.45) is 0 Å². The van der Waals surface area contributed by atoms with Crippen LogP contribution in [0, 0.1) is 0 Å². The molecule has 0 N–H and O–H groups in total. The van der Waals surface area contributed by atoms with Crippen molar-refractivity contribution in [2.45, 2.75) is 265 Å². The highest BCUT2D eigenvalue weighted by atomic mass is 15.1. The summed E-state index contributed by atoms with van der Waals surface area (Å²) in [6, 6.07) is 0. The first kappa shape index (κ1) is 43.2. The molecule has 0 amide bonds. The van der Waals surface area contributed by atoms with Crippen LogP contribution in [-0.2, 0) is 19.5 Å². The summed E-state index contributed by atoms with van der Waals surface area (Å²) in [5.41, 5.74) is 0. The minimum absolute atomic E-state index is 1.23. The molecule has 0 radical (unpaired) electrons. The molecule has 0 unspecified atom stereocenters. The second-order valence-electron chi connectivity index (χ2n) is 15.2. The van der Waals surface area contributed by atoms with Gasteiger partial charge in [0.15, 0.2) is 0 Å². The van der Waals surface area contributed by atoms with Gasteiger partial charge in [0.1, 0.15) is 12.4 Å². The molecule has 0 bridgehead atoms. The molecule has 0 saturated carbocycles. The minimum Gasteiger partial charge on any atom is -0.234 e. The van der Waals surface area contributed by atoms with Gasteiger partial charge in [-0.15, -0.1) is 0 Å². The maximum atomic E-state index is 2.62. The third kappa shape index (κ3) is 27.2. The second kappa shape index (κ2) is 35.5. The first-order valence-electron chi connectivity index (χ1n) is 21.9. The maximum absolute atomic E-state index is 2.62. The van der Waals surface area contributed by atoms with E-state index in [-0.39, 0.29) is 0 Å². The highest BCUT2D eigenvalue weighted by Crippen LogP contribution is 2.16. The van der Waals surface area contributed by atoms with E-state index in [4.69, 9.17) is 0 Å². The van der Waals surface area contributed by atoms with Crippen molar-refractivity contribution < 1.29 is 4.57 Å². The highest BCUT2D eigenvalue weighted by molar-refractivity contribution is 4.84. The van der Waals surface area contributed by atoms with Gasteiger partial charge in [-0.3, -0.25) is 0 Å². The molecule has 0 aromatic carbocycles. The van der Waals surface area contributed by atoms with Gasteiger partial charge < -0.3 is 0 Å². The van der Waals surface area contributed by atoms with Crippen molar-refractivity contribution in [3.05, 3.63) is 18.2 Å². The summed E-state index contributed by atoms with van der Waals surface area (Å²) in [6.45, 7) is 9.41. The third-order valence-electron chi connectivity index (χ3n) is 10.6. The Bertz CT molecular complexity index is 707. The van der Waals surface area contributed by atoms with Crippen molar-refractivity contribution in [3.8, 4) is 0 Å². The molecule has 0 saturated heterocycles. The van der Waals surface area contributed by atoms with Gasteiger partial charge in [-0.1, -0.05) is 213 Å². The number of aryl methyl sites for hydroxylation is 2. The van der Waals surface area contributed by atoms with Crippen molar-refractivity contribution in [2.75, 3.05) is 0 Å². The first-order chi connectivity index (χ1) is 22.8. The normalized spacial score (nSPS) is 11.6. The Morgan fingerprint density at radius 1 is 0.370 bits per heavy atom. The van der Waals surface area contributed by atoms with Crippen molar-refractivity contribution in [1.82, 2.24) is 4.57 Å². The van der Waals surface area contributed by atoms with Crippen LogP contribution in [0.1, 0.15) is 251 Å². The monoisotopic (exact) mass is 644 g/mol. The minimum atomic E-state index is 1.23. The lowest BCUT2D eigenvalue weighted by atomic mass is 10.0. The third-order valence-corrected chi connectivity index (χ3v) is 10.6. The Labute approximate surface area is 291 Å². The number of hydrogen-bond donors (Lipinski definition) is 0. The molecular formula is C44H87N2+. The number of aromatic nitrogens is 2. The molecule has 1 heterocycles. The van der Waals surface area contributed by atoms with Crippen LogP contribution >= 0.6 is 0 Å². The molecule has 1 aromatic rings. The van der Waals surface area contributed by atoms with Crippen LogP contribution in [0.4, 0.5) is 0 Å². The van der Waals surface area contributed by atoms with Crippen molar-refractivity contribution in [3.63, 3.8) is 0 Å². The lowest BCUT2D eigenvalue weighted by molar-refractivity contribution is -0.704. The van der Waals surface area contributed by atoms with Crippen molar-refractivity contribution >= 4 is 0 Å². The van der Waals surface area contributed by atoms with E-state index in [0.717, 1.165) is 0 Å². The molecule has 2 heteroatoms. The Morgan fingerprint density at radius 2 is 0.674 bits per heavy atom. The number of hydrogen-bond acceptors (Lipinski definition) is 0. The number of rotatable bonds is 38. The van der Waals surface area contributed by atoms with Gasteiger partial charge in [0, 0.05) is 6.42 Å². The Hall–Kier alpha value is -0.790. The van der Waals surface area contributed by atoms with Crippen molar-refractivity contribution in [1.29, 1.82) is 0 Å². The van der Waals surface area contributed by atoms with E-state index in [0.29, 0.717) is 0 Å². The summed E-state index contributed by atoms with van der Waals surface area (Å²) in [4.78, 5) is 0. The number of unbranched alkanes of at least 4 members (excludes halogenated alkanes) is 32. The van der Waals surface area contributed by atoms with E-state index < -0.39 is 0 Å². The predicted octanol–water partition coefficient (Wildman–Crippen LogP) is 15.0. The standard InChI is InChI=1S/C44H87N2/c1-4-7-10-12-14-16-18-20-22-23-25-27-29-31-33-35-38-41-46-43-42-45(44(46)39-36-9-6-3)40-37-34-32-30-28-26-24-21-19-17-15-13-11-8-5-2/h42-43H,4-41H2,1-3H3/q+1. The molecule has 46 heavy (non-hydrogen) atoms. The molecule has 0 aliphatic heterocycles. The molecule has 1 aromatic heterocycles. The van der Waals surface area contributed by atoms with Gasteiger partial charge in [-0.25, -0.2) is 9.13 Å². The van der Waals surface area contributed by atoms with Gasteiger partial charge in [0.25, 0.3) is 5.82 Å². The lowest BCUT2D eigenvalue weighted by Gasteiger charge is -2.07. The summed E-state index contributed by atoms with van der Waals surface area (Å²) in [7, 11) is 0. The second-order valence-corrected chi connectivity index (χ2v) is 15.2. The smallest absolute Gasteiger partial charge is 0.234 e. The fraction of sp³-hybridized carbons (Fsp3) is 0.932. The zero-order valence-corrected chi connectivity index (χ0v) is 32.4. The van der Waals surface area contributed by atoms with Crippen LogP contribution in [0.3, 0.4) is 0 Å². The van der Waals surface area contributed by atoms with Crippen LogP contribution in [0.15, 0.2) is 12.4 Å². The van der Waals surface area contributed by atoms with Crippen LogP contribution in [-0.4, -0.2) is 4.57 Å². The summed E-state index contributed by atoms with van der Waals surface area (Å²) >= 11 is 0. The summed E-state index contributed by atoms with van der Waals surface area (Å²) in [5, 5.41) is 0. The largest absolute Gasteiger partial charge is 0.256 e. The van der Waals surface area contributed by atoms with Crippen LogP contribution in [0.2, 0.25) is 0 Å². The van der Waals surface area contributed by atoms with E-state index in [1.165, 1.54) is 244 Å². The predicted molar refractivity (Wildman–Crippen MR) is 207 cm³/mol. The fourth-order valence-electron chi connectivity index (χ4n) is 7.39. The molecule has 0 fully saturated rings. The molecule has 1 rings (SSSR count). The average Bonchev–Trinajstić information content (AvgIpc) is 3.45. The number of nitrogens with zero attached hydrogens (tertiary/aromatic N) is 2. The van der Waals surface area contributed by atoms with Gasteiger partial charge in [-0.2, -0.15) is 0 Å². The summed E-state index contributed by atoms with van der Waals surface area (Å²) in [5.74, 6) is 1.61. The van der Waals surface area contributed by atoms with Gasteiger partial charge in [0.2, 0.25) is 0 Å². The Balaban J connectivity index is 2.05. The van der Waals surface area contributed by atoms with Gasteiger partial charge in [0.05, 0.1) is 13.1 Å². The Kier molecular flexibility index (Phi) is 33.4. The topological polar surface area (TPSA) is 8.81 Å². The molecule has 0 aliphatic rings. The van der Waals surface area contributed by atoms with E-state index in [9.17, 15) is 0 Å². The number of imidazole rings is 1. The summed E-state index contributed by atoms with van der Waals surface area (Å²) < 4.78 is 5.23. The lowest BCUT2D eigenvalue weighted by Crippen LogP contribution is -2.37. The molecule has 2 nitrogen and oxygen atoms in total. The molecule has 0 spiro atoms. The van der Waals surface area contributed by atoms with E-state index in [1.54, 1.807) is 5.82 Å². The molecule has 272 valence electrons. The first-order valence-corrected chi connectivity index (χ1v) is 21.9. The zero-order valence-electron chi connectivity index (χ0n) is 32.4. The highest BCUT2D eigenvalue weighted by Gasteiger charge is 2.16. The summed E-state index contributed by atoms with van der Waals surface area (Å²) in [6.07, 6.45) is 56.4. The van der Waals surface area contributed by atoms with Crippen LogP contribution in [0.5, 0.6) is 0 Å². The van der Waals surface area contributed by atoms with E-state index in [2.05, 4.69) is 42.3 Å².